The molecule has 0 radical (unpaired) electrons. The summed E-state index contributed by atoms with van der Waals surface area (Å²) in [6, 6.07) is 18.4. The molecular weight excluding hydrogens is 416 g/mol. The first-order valence-corrected chi connectivity index (χ1v) is 11.9. The Bertz CT molecular complexity index is 880. The van der Waals surface area contributed by atoms with E-state index in [-0.39, 0.29) is 28.1 Å². The molecule has 7 heteroatoms. The van der Waals surface area contributed by atoms with Gasteiger partial charge in [-0.05, 0) is 44.3 Å². The summed E-state index contributed by atoms with van der Waals surface area (Å²) in [6.45, 7) is 1.71. The van der Waals surface area contributed by atoms with E-state index in [1.54, 1.807) is 25.8 Å². The zero-order valence-electron chi connectivity index (χ0n) is 17.7. The molecule has 2 aromatic carbocycles. The fraction of sp³-hybridized carbons (Fsp3) is 0.435. The third-order valence-corrected chi connectivity index (χ3v) is 9.37. The van der Waals surface area contributed by atoms with E-state index >= 15 is 0 Å². The number of likely N-dealkylation sites (N-methyl/N-ethyl adjacent to an activating group) is 2. The lowest BCUT2D eigenvalue weighted by Crippen LogP contribution is -2.54. The van der Waals surface area contributed by atoms with E-state index < -0.39 is 4.87 Å². The number of benzene rings is 2. The maximum Gasteiger partial charge on any atom is 0.160 e. The first kappa shape index (κ1) is 21.7. The van der Waals surface area contributed by atoms with Crippen molar-refractivity contribution in [1.29, 1.82) is 0 Å². The van der Waals surface area contributed by atoms with Gasteiger partial charge in [0.25, 0.3) is 0 Å². The SMILES string of the molecule is CNC1SC(c2ccc(OC)cc2)S[C@@](Cc2ccccc2)(C(C)=O)N(C)C2OC12. The Morgan fingerprint density at radius 2 is 1.90 bits per heavy atom. The molecule has 5 nitrogen and oxygen atoms in total. The molecule has 5 atom stereocenters. The third kappa shape index (κ3) is 4.14. The van der Waals surface area contributed by atoms with Crippen LogP contribution in [0.3, 0.4) is 0 Å². The van der Waals surface area contributed by atoms with Crippen molar-refractivity contribution in [3.8, 4) is 5.75 Å². The highest BCUT2D eigenvalue weighted by atomic mass is 32.2. The van der Waals surface area contributed by atoms with E-state index in [1.807, 2.05) is 56.2 Å². The maximum atomic E-state index is 13.2. The van der Waals surface area contributed by atoms with Gasteiger partial charge in [-0.1, -0.05) is 42.5 Å². The summed E-state index contributed by atoms with van der Waals surface area (Å²) < 4.78 is 11.5. The van der Waals surface area contributed by atoms with Crippen molar-refractivity contribution >= 4 is 29.3 Å². The lowest BCUT2D eigenvalue weighted by Gasteiger charge is -2.43. The molecule has 0 saturated carbocycles. The van der Waals surface area contributed by atoms with Crippen LogP contribution in [0.15, 0.2) is 54.6 Å². The number of hydrogen-bond donors (Lipinski definition) is 1. The minimum absolute atomic E-state index is 0.0566. The standard InChI is InChI=1S/C23H28N2O3S2/c1-15(26)23(14-16-8-6-5-7-9-16)25(3)21-19(28-21)20(24-2)29-22(30-23)17-10-12-18(27-4)13-11-17/h5-13,19-22,24H,14H2,1-4H3/t19?,20?,21?,22?,23-/m0/s1. The predicted molar refractivity (Wildman–Crippen MR) is 124 cm³/mol. The van der Waals surface area contributed by atoms with Crippen LogP contribution in [-0.2, 0) is 16.0 Å². The molecular formula is C23H28N2O3S2. The highest BCUT2D eigenvalue weighted by Crippen LogP contribution is 2.56. The highest BCUT2D eigenvalue weighted by Gasteiger charge is 2.58. The van der Waals surface area contributed by atoms with Crippen LogP contribution in [0.5, 0.6) is 5.75 Å². The van der Waals surface area contributed by atoms with Crippen molar-refractivity contribution in [1.82, 2.24) is 10.2 Å². The molecule has 0 amide bonds. The fourth-order valence-corrected chi connectivity index (χ4v) is 7.45. The Balaban J connectivity index is 1.74. The maximum absolute atomic E-state index is 13.2. The zero-order valence-corrected chi connectivity index (χ0v) is 19.3. The second-order valence-electron chi connectivity index (χ2n) is 7.67. The molecule has 2 heterocycles. The average molecular weight is 445 g/mol. The number of carbonyl (C=O) groups is 1. The molecule has 0 bridgehead atoms. The van der Waals surface area contributed by atoms with Crippen molar-refractivity contribution in [2.75, 3.05) is 21.2 Å². The summed E-state index contributed by atoms with van der Waals surface area (Å²) in [7, 11) is 5.66. The van der Waals surface area contributed by atoms with Crippen molar-refractivity contribution in [2.45, 2.75) is 40.5 Å². The van der Waals surface area contributed by atoms with Crippen LogP contribution < -0.4 is 10.1 Å². The molecule has 2 aliphatic heterocycles. The second kappa shape index (κ2) is 8.93. The van der Waals surface area contributed by atoms with Crippen LogP contribution in [-0.4, -0.2) is 54.5 Å². The number of carbonyl (C=O) groups excluding carboxylic acids is 1. The number of nitrogens with zero attached hydrogens (tertiary/aromatic N) is 1. The molecule has 30 heavy (non-hydrogen) atoms. The van der Waals surface area contributed by atoms with Gasteiger partial charge in [-0.15, -0.1) is 23.5 Å². The van der Waals surface area contributed by atoms with Gasteiger partial charge in [0.2, 0.25) is 0 Å². The molecule has 4 unspecified atom stereocenters. The normalized spacial score (nSPS) is 31.3. The first-order valence-electron chi connectivity index (χ1n) is 10.1. The number of hydrogen-bond acceptors (Lipinski definition) is 7. The number of epoxide rings is 1. The van der Waals surface area contributed by atoms with E-state index in [2.05, 4.69) is 34.5 Å². The topological polar surface area (TPSA) is 54.1 Å². The molecule has 0 spiro atoms. The van der Waals surface area contributed by atoms with Crippen molar-refractivity contribution in [3.63, 3.8) is 0 Å². The molecule has 2 saturated heterocycles. The predicted octanol–water partition coefficient (Wildman–Crippen LogP) is 3.90. The Labute approximate surface area is 186 Å². The van der Waals surface area contributed by atoms with E-state index in [9.17, 15) is 4.79 Å². The highest BCUT2D eigenvalue weighted by molar-refractivity contribution is 8.17. The summed E-state index contributed by atoms with van der Waals surface area (Å²) in [5.41, 5.74) is 2.31. The molecule has 2 aliphatic rings. The Hall–Kier alpha value is -1.51. The molecule has 0 aromatic heterocycles. The van der Waals surface area contributed by atoms with Gasteiger partial charge in [-0.25, -0.2) is 0 Å². The van der Waals surface area contributed by atoms with E-state index in [4.69, 9.17) is 9.47 Å². The summed E-state index contributed by atoms with van der Waals surface area (Å²) >= 11 is 3.54. The number of thioether (sulfide) groups is 2. The van der Waals surface area contributed by atoms with Gasteiger partial charge in [-0.2, -0.15) is 0 Å². The number of rotatable bonds is 6. The minimum atomic E-state index is -0.711. The van der Waals surface area contributed by atoms with Gasteiger partial charge in [-0.3, -0.25) is 9.69 Å². The lowest BCUT2D eigenvalue weighted by molar-refractivity contribution is -0.124. The Kier molecular flexibility index (Phi) is 6.46. The van der Waals surface area contributed by atoms with E-state index in [0.717, 1.165) is 16.9 Å². The lowest BCUT2D eigenvalue weighted by atomic mass is 10.0. The molecule has 1 N–H and O–H groups in total. The van der Waals surface area contributed by atoms with Crippen molar-refractivity contribution in [2.24, 2.45) is 0 Å². The number of ether oxygens (including phenoxy) is 2. The van der Waals surface area contributed by atoms with Crippen LogP contribution in [0.4, 0.5) is 0 Å². The Morgan fingerprint density at radius 1 is 1.20 bits per heavy atom. The summed E-state index contributed by atoms with van der Waals surface area (Å²) in [6.07, 6.45) is 0.627. The molecule has 160 valence electrons. The van der Waals surface area contributed by atoms with Gasteiger partial charge >= 0.3 is 0 Å². The number of nitrogens with one attached hydrogen (secondary N) is 1. The number of ketones is 1. The van der Waals surface area contributed by atoms with Crippen molar-refractivity contribution < 1.29 is 14.3 Å². The van der Waals surface area contributed by atoms with Crippen LogP contribution in [0.25, 0.3) is 0 Å². The molecule has 2 fully saturated rings. The molecule has 0 aliphatic carbocycles. The van der Waals surface area contributed by atoms with Crippen LogP contribution in [0, 0.1) is 0 Å². The third-order valence-electron chi connectivity index (χ3n) is 5.83. The van der Waals surface area contributed by atoms with Crippen LogP contribution in [0.2, 0.25) is 0 Å². The van der Waals surface area contributed by atoms with Gasteiger partial charge in [0, 0.05) is 6.42 Å². The zero-order chi connectivity index (χ0) is 21.3. The monoisotopic (exact) mass is 444 g/mol. The molecule has 2 aromatic rings. The van der Waals surface area contributed by atoms with Crippen molar-refractivity contribution in [3.05, 3.63) is 65.7 Å². The largest absolute Gasteiger partial charge is 0.497 e. The Morgan fingerprint density at radius 3 is 2.50 bits per heavy atom. The van der Waals surface area contributed by atoms with Crippen LogP contribution in [0.1, 0.15) is 22.6 Å². The summed E-state index contributed by atoms with van der Waals surface area (Å²) in [5, 5.41) is 3.55. The van der Waals surface area contributed by atoms with Gasteiger partial charge in [0.05, 0.1) is 17.1 Å². The summed E-state index contributed by atoms with van der Waals surface area (Å²) in [5.74, 6) is 0.977. The fourth-order valence-electron chi connectivity index (χ4n) is 3.99. The molecule has 4 rings (SSSR count). The van der Waals surface area contributed by atoms with Crippen LogP contribution >= 0.6 is 23.5 Å². The van der Waals surface area contributed by atoms with Gasteiger partial charge < -0.3 is 14.8 Å². The average Bonchev–Trinajstić information content (AvgIpc) is 3.55. The number of methoxy groups -OCH3 is 1. The summed E-state index contributed by atoms with van der Waals surface area (Å²) in [4.78, 5) is 14.7. The number of Topliss-reactive ketones (excluding diaryl/α,β-unsaturated/α-hetero) is 1. The smallest absolute Gasteiger partial charge is 0.160 e. The van der Waals surface area contributed by atoms with E-state index in [1.165, 1.54) is 0 Å². The quantitative estimate of drug-likeness (QED) is 0.678. The number of fused-ring (bicyclic) bond motifs is 1. The second-order valence-corrected chi connectivity index (χ2v) is 10.6. The van der Waals surface area contributed by atoms with Gasteiger partial charge in [0.1, 0.15) is 23.0 Å². The first-order chi connectivity index (χ1) is 14.5. The minimum Gasteiger partial charge on any atom is -0.497 e. The van der Waals surface area contributed by atoms with E-state index in [0.29, 0.717) is 6.42 Å². The van der Waals surface area contributed by atoms with Gasteiger partial charge in [0.15, 0.2) is 5.78 Å².